The molecule has 1 heterocycles. The average molecular weight is 396 g/mol. The van der Waals surface area contributed by atoms with Gasteiger partial charge < -0.3 is 21.7 Å². The number of primary amides is 1. The molecule has 0 aliphatic heterocycles. The minimum Gasteiger partial charge on any atom is -0.395 e. The van der Waals surface area contributed by atoms with Crippen LogP contribution in [0.4, 0.5) is 5.69 Å². The molecule has 9 heteroatoms. The lowest BCUT2D eigenvalue weighted by Gasteiger charge is -2.36. The fraction of sp³-hybridized carbons (Fsp3) is 0.667. The fourth-order valence-corrected chi connectivity index (χ4v) is 4.20. The van der Waals surface area contributed by atoms with Gasteiger partial charge >= 0.3 is 0 Å². The van der Waals surface area contributed by atoms with E-state index in [0.29, 0.717) is 6.42 Å². The van der Waals surface area contributed by atoms with Crippen molar-refractivity contribution in [1.29, 1.82) is 0 Å². The van der Waals surface area contributed by atoms with E-state index in [4.69, 9.17) is 11.5 Å². The van der Waals surface area contributed by atoms with Crippen LogP contribution in [-0.2, 0) is 4.79 Å². The first-order valence-corrected chi connectivity index (χ1v) is 10.0. The summed E-state index contributed by atoms with van der Waals surface area (Å²) in [4.78, 5) is 39.5. The highest BCUT2D eigenvalue weighted by molar-refractivity contribution is 7.09. The quantitative estimate of drug-likeness (QED) is 0.677. The predicted octanol–water partition coefficient (Wildman–Crippen LogP) is 1.90. The Balaban J connectivity index is 2.40. The molecule has 1 aliphatic carbocycles. The molecule has 8 nitrogen and oxygen atoms in total. The van der Waals surface area contributed by atoms with Gasteiger partial charge in [0.1, 0.15) is 10.9 Å². The minimum atomic E-state index is -0.771. The minimum absolute atomic E-state index is 0.00780. The van der Waals surface area contributed by atoms with Crippen LogP contribution in [0.15, 0.2) is 0 Å². The summed E-state index contributed by atoms with van der Waals surface area (Å²) in [6, 6.07) is -0.648. The number of rotatable bonds is 6. The molecular formula is C18H29N5O3S. The molecule has 0 spiro atoms. The van der Waals surface area contributed by atoms with Crippen molar-refractivity contribution in [3.8, 4) is 0 Å². The number of carbonyl (C=O) groups excluding carboxylic acids is 3. The molecule has 1 fully saturated rings. The number of anilines is 1. The van der Waals surface area contributed by atoms with Crippen molar-refractivity contribution in [2.75, 3.05) is 5.73 Å². The van der Waals surface area contributed by atoms with E-state index in [9.17, 15) is 14.4 Å². The van der Waals surface area contributed by atoms with Gasteiger partial charge in [0.15, 0.2) is 5.69 Å². The number of aromatic nitrogens is 1. The molecule has 0 unspecified atom stereocenters. The average Bonchev–Trinajstić information content (AvgIpc) is 3.19. The fourth-order valence-electron chi connectivity index (χ4n) is 3.45. The highest BCUT2D eigenvalue weighted by atomic mass is 32.1. The summed E-state index contributed by atoms with van der Waals surface area (Å²) in [5.41, 5.74) is 10.7. The monoisotopic (exact) mass is 395 g/mol. The lowest BCUT2D eigenvalue weighted by Crippen LogP contribution is -2.56. The van der Waals surface area contributed by atoms with Crippen molar-refractivity contribution in [2.24, 2.45) is 5.73 Å². The Morgan fingerprint density at radius 1 is 1.30 bits per heavy atom. The molecule has 0 saturated heterocycles. The summed E-state index contributed by atoms with van der Waals surface area (Å²) in [5, 5.41) is 2.97. The van der Waals surface area contributed by atoms with Gasteiger partial charge in [-0.05, 0) is 51.6 Å². The van der Waals surface area contributed by atoms with Gasteiger partial charge in [-0.1, -0.05) is 19.8 Å². The lowest BCUT2D eigenvalue weighted by atomic mass is 10.0. The number of amides is 3. The van der Waals surface area contributed by atoms with Gasteiger partial charge in [0, 0.05) is 11.6 Å². The first-order valence-electron chi connectivity index (χ1n) is 9.26. The van der Waals surface area contributed by atoms with Gasteiger partial charge in [-0.2, -0.15) is 4.37 Å². The molecule has 1 atom stereocenters. The summed E-state index contributed by atoms with van der Waals surface area (Å²) in [7, 11) is 0. The Hall–Kier alpha value is -2.16. The van der Waals surface area contributed by atoms with Crippen molar-refractivity contribution in [1.82, 2.24) is 14.6 Å². The first kappa shape index (κ1) is 21.1. The number of carbonyl (C=O) groups is 3. The lowest BCUT2D eigenvalue weighted by molar-refractivity contribution is -0.128. The molecule has 0 bridgehead atoms. The second-order valence-electron chi connectivity index (χ2n) is 7.95. The summed E-state index contributed by atoms with van der Waals surface area (Å²) in [6.45, 7) is 7.59. The van der Waals surface area contributed by atoms with Crippen LogP contribution in [0.2, 0.25) is 0 Å². The standard InChI is InChI=1S/C18H29N5O3S/c1-5-11(16(25)21-18(2,3)4)23(10-8-6-7-9-10)17(26)14-12(19)13(15(20)24)22-27-14/h10-11H,5-9,19H2,1-4H3,(H2,20,24)(H,21,25)/t11-/m1/s1. The molecule has 0 radical (unpaired) electrons. The van der Waals surface area contributed by atoms with E-state index < -0.39 is 17.5 Å². The van der Waals surface area contributed by atoms with Crippen molar-refractivity contribution in [3.05, 3.63) is 10.6 Å². The second kappa shape index (κ2) is 8.24. The third-order valence-electron chi connectivity index (χ3n) is 4.63. The van der Waals surface area contributed by atoms with Crippen molar-refractivity contribution in [2.45, 2.75) is 77.4 Å². The van der Waals surface area contributed by atoms with Crippen LogP contribution in [0.3, 0.4) is 0 Å². The van der Waals surface area contributed by atoms with Gasteiger partial charge in [-0.3, -0.25) is 14.4 Å². The van der Waals surface area contributed by atoms with Crippen LogP contribution >= 0.6 is 11.5 Å². The van der Waals surface area contributed by atoms with E-state index in [1.165, 1.54) is 0 Å². The topological polar surface area (TPSA) is 131 Å². The number of nitrogens with zero attached hydrogens (tertiary/aromatic N) is 2. The Kier molecular flexibility index (Phi) is 6.46. The van der Waals surface area contributed by atoms with Gasteiger partial charge in [0.2, 0.25) is 5.91 Å². The predicted molar refractivity (Wildman–Crippen MR) is 105 cm³/mol. The Labute approximate surface area is 163 Å². The number of hydrogen-bond donors (Lipinski definition) is 3. The highest BCUT2D eigenvalue weighted by Gasteiger charge is 2.38. The summed E-state index contributed by atoms with van der Waals surface area (Å²) in [5.74, 6) is -1.32. The molecule has 150 valence electrons. The molecule has 1 aromatic heterocycles. The summed E-state index contributed by atoms with van der Waals surface area (Å²) >= 11 is 0.854. The molecule has 1 aromatic rings. The zero-order valence-corrected chi connectivity index (χ0v) is 17.2. The van der Waals surface area contributed by atoms with Gasteiger partial charge in [0.25, 0.3) is 11.8 Å². The molecule has 1 saturated carbocycles. The highest BCUT2D eigenvalue weighted by Crippen LogP contribution is 2.31. The van der Waals surface area contributed by atoms with Crippen LogP contribution < -0.4 is 16.8 Å². The van der Waals surface area contributed by atoms with E-state index in [1.807, 2.05) is 27.7 Å². The maximum atomic E-state index is 13.3. The van der Waals surface area contributed by atoms with Gasteiger partial charge in [-0.15, -0.1) is 0 Å². The van der Waals surface area contributed by atoms with E-state index in [1.54, 1.807) is 4.90 Å². The summed E-state index contributed by atoms with van der Waals surface area (Å²) < 4.78 is 3.93. The van der Waals surface area contributed by atoms with Crippen molar-refractivity contribution < 1.29 is 14.4 Å². The number of nitrogen functional groups attached to an aromatic ring is 1. The third kappa shape index (κ3) is 4.77. The van der Waals surface area contributed by atoms with E-state index in [-0.39, 0.29) is 34.1 Å². The van der Waals surface area contributed by atoms with Crippen LogP contribution in [-0.4, -0.2) is 44.6 Å². The Bertz CT molecular complexity index is 719. The molecule has 0 aromatic carbocycles. The molecule has 1 aliphatic rings. The van der Waals surface area contributed by atoms with Crippen LogP contribution in [0, 0.1) is 0 Å². The maximum Gasteiger partial charge on any atom is 0.270 e. The van der Waals surface area contributed by atoms with E-state index in [2.05, 4.69) is 9.69 Å². The number of nitrogens with one attached hydrogen (secondary N) is 1. The molecule has 27 heavy (non-hydrogen) atoms. The Morgan fingerprint density at radius 3 is 2.33 bits per heavy atom. The maximum absolute atomic E-state index is 13.3. The van der Waals surface area contributed by atoms with E-state index >= 15 is 0 Å². The molecule has 2 rings (SSSR count). The summed E-state index contributed by atoms with van der Waals surface area (Å²) in [6.07, 6.45) is 4.18. The van der Waals surface area contributed by atoms with Crippen molar-refractivity contribution in [3.63, 3.8) is 0 Å². The largest absolute Gasteiger partial charge is 0.395 e. The van der Waals surface area contributed by atoms with Crippen LogP contribution in [0.1, 0.15) is 80.0 Å². The van der Waals surface area contributed by atoms with Crippen LogP contribution in [0.25, 0.3) is 0 Å². The smallest absolute Gasteiger partial charge is 0.270 e. The van der Waals surface area contributed by atoms with E-state index in [0.717, 1.165) is 37.2 Å². The second-order valence-corrected chi connectivity index (χ2v) is 8.73. The van der Waals surface area contributed by atoms with Crippen molar-refractivity contribution >= 4 is 34.9 Å². The SMILES string of the molecule is CC[C@H](C(=O)NC(C)(C)C)N(C(=O)c1snc(C(N)=O)c1N)C1CCCC1. The Morgan fingerprint density at radius 2 is 1.89 bits per heavy atom. The van der Waals surface area contributed by atoms with Crippen LogP contribution in [0.5, 0.6) is 0 Å². The zero-order chi connectivity index (χ0) is 20.4. The number of hydrogen-bond acceptors (Lipinski definition) is 6. The zero-order valence-electron chi connectivity index (χ0n) is 16.4. The van der Waals surface area contributed by atoms with Gasteiger partial charge in [0.05, 0.1) is 5.69 Å². The molecular weight excluding hydrogens is 366 g/mol. The van der Waals surface area contributed by atoms with Gasteiger partial charge in [-0.25, -0.2) is 0 Å². The first-order chi connectivity index (χ1) is 12.6. The molecule has 3 amide bonds. The molecule has 5 N–H and O–H groups in total. The third-order valence-corrected chi connectivity index (χ3v) is 5.48. The number of nitrogens with two attached hydrogens (primary N) is 2. The normalized spacial score (nSPS) is 16.1.